The number of aromatic nitrogens is 1. The van der Waals surface area contributed by atoms with E-state index in [0.717, 1.165) is 18.9 Å². The van der Waals surface area contributed by atoms with E-state index in [1.165, 1.54) is 4.90 Å². The quantitative estimate of drug-likeness (QED) is 0.291. The number of carbonyl (C=O) groups excluding carboxylic acids is 4. The smallest absolute Gasteiger partial charge is 0.408 e. The van der Waals surface area contributed by atoms with Gasteiger partial charge in [0.2, 0.25) is 17.7 Å². The summed E-state index contributed by atoms with van der Waals surface area (Å²) >= 11 is 0. The molecule has 2 heterocycles. The van der Waals surface area contributed by atoms with Crippen LogP contribution in [0, 0.1) is 17.8 Å². The Balaban J connectivity index is -0.000000616. The number of likely N-dealkylation sites (tertiary alicyclic amines) is 1. The minimum Gasteiger partial charge on any atom is -0.497 e. The third-order valence-corrected chi connectivity index (χ3v) is 7.19. The molecule has 0 unspecified atom stereocenters. The Kier molecular flexibility index (Phi) is 14.9. The predicted molar refractivity (Wildman–Crippen MR) is 181 cm³/mol. The number of nitrogens with zero attached hydrogens (tertiary/aromatic N) is 2. The number of pyridine rings is 1. The molecule has 2 fully saturated rings. The lowest BCUT2D eigenvalue weighted by atomic mass is 10.0. The molecule has 46 heavy (non-hydrogen) atoms. The molecule has 4 rings (SSSR count). The van der Waals surface area contributed by atoms with E-state index in [-0.39, 0.29) is 41.9 Å². The fourth-order valence-corrected chi connectivity index (χ4v) is 4.84. The number of fused-ring (bicyclic) bond motifs is 1. The maximum Gasteiger partial charge on any atom is 0.408 e. The Morgan fingerprint density at radius 3 is 2.26 bits per heavy atom. The van der Waals surface area contributed by atoms with Crippen molar-refractivity contribution in [1.82, 2.24) is 15.2 Å². The zero-order chi connectivity index (χ0) is 34.1. The highest BCUT2D eigenvalue weighted by Gasteiger charge is 2.43. The number of aliphatic hydroxyl groups excluding tert-OH is 1. The molecular weight excluding hydrogens is 598 g/mol. The number of carbonyl (C=O) groups is 4. The van der Waals surface area contributed by atoms with Crippen molar-refractivity contribution >= 4 is 34.7 Å². The lowest BCUT2D eigenvalue weighted by Gasteiger charge is -2.30. The number of nitrogens with two attached hydrogens (primary N) is 2. The number of primary amides is 2. The van der Waals surface area contributed by atoms with Gasteiger partial charge in [0.15, 0.2) is 0 Å². The summed E-state index contributed by atoms with van der Waals surface area (Å²) in [5.41, 5.74) is 10.6. The average Bonchev–Trinajstić information content (AvgIpc) is 3.67. The number of ether oxygens (including phenoxy) is 3. The molecule has 264 valence electrons. The number of rotatable bonds is 9. The summed E-state index contributed by atoms with van der Waals surface area (Å²) in [6.07, 6.45) is 3.39. The van der Waals surface area contributed by atoms with Gasteiger partial charge in [-0.2, -0.15) is 0 Å². The van der Waals surface area contributed by atoms with Gasteiger partial charge in [-0.05, 0) is 57.2 Å². The van der Waals surface area contributed by atoms with Gasteiger partial charge >= 0.3 is 6.09 Å². The summed E-state index contributed by atoms with van der Waals surface area (Å²) in [7, 11) is 2.58. The van der Waals surface area contributed by atoms with Gasteiger partial charge in [0.1, 0.15) is 35.3 Å². The van der Waals surface area contributed by atoms with E-state index in [0.29, 0.717) is 22.9 Å². The zero-order valence-electron chi connectivity index (χ0n) is 27.6. The van der Waals surface area contributed by atoms with Gasteiger partial charge in [-0.1, -0.05) is 19.9 Å². The lowest BCUT2D eigenvalue weighted by Crippen LogP contribution is -2.55. The molecule has 8 N–H and O–H groups in total. The van der Waals surface area contributed by atoms with Gasteiger partial charge in [0.05, 0.1) is 19.2 Å². The van der Waals surface area contributed by atoms with Gasteiger partial charge in [-0.25, -0.2) is 4.79 Å². The van der Waals surface area contributed by atoms with Crippen molar-refractivity contribution in [2.24, 2.45) is 29.2 Å². The molecule has 2 aromatic rings. The van der Waals surface area contributed by atoms with Crippen molar-refractivity contribution < 1.29 is 49.7 Å². The number of allylic oxidation sites excluding steroid dienone is 1. The first-order valence-electron chi connectivity index (χ1n) is 14.7. The van der Waals surface area contributed by atoms with Crippen LogP contribution in [0.3, 0.4) is 0 Å². The molecule has 1 saturated carbocycles. The molecule has 4 amide bonds. The topological polar surface area (TPSA) is 228 Å². The Bertz CT molecular complexity index is 1380. The summed E-state index contributed by atoms with van der Waals surface area (Å²) < 4.78 is 16.8. The minimum atomic E-state index is -0.889. The van der Waals surface area contributed by atoms with Gasteiger partial charge < -0.3 is 46.5 Å². The molecule has 1 saturated heterocycles. The van der Waals surface area contributed by atoms with Crippen LogP contribution in [0.15, 0.2) is 43.1 Å². The predicted octanol–water partition coefficient (Wildman–Crippen LogP) is 2.69. The number of hydrogen-bond donors (Lipinski definition) is 4. The second-order valence-corrected chi connectivity index (χ2v) is 12.1. The molecule has 5 atom stereocenters. The summed E-state index contributed by atoms with van der Waals surface area (Å²) in [6.45, 7) is 12.5. The van der Waals surface area contributed by atoms with Crippen molar-refractivity contribution in [3.05, 3.63) is 43.1 Å². The Labute approximate surface area is 275 Å². The van der Waals surface area contributed by atoms with E-state index in [1.54, 1.807) is 66.1 Å². The summed E-state index contributed by atoms with van der Waals surface area (Å²) in [5.74, 6) is 0.259. The largest absolute Gasteiger partial charge is 0.497 e. The van der Waals surface area contributed by atoms with Gasteiger partial charge in [0, 0.05) is 42.8 Å². The molecule has 1 aromatic heterocycles. The molecule has 1 aliphatic carbocycles. The first-order chi connectivity index (χ1) is 21.1. The molecule has 1 aliphatic heterocycles. The molecular formula is C32H57N5O9. The molecule has 0 radical (unpaired) electrons. The summed E-state index contributed by atoms with van der Waals surface area (Å²) in [4.78, 5) is 54.1. The number of nitrogens with one attached hydrogen (secondary N) is 1. The van der Waals surface area contributed by atoms with E-state index in [4.69, 9.17) is 30.8 Å². The second-order valence-electron chi connectivity index (χ2n) is 12.1. The van der Waals surface area contributed by atoms with Crippen LogP contribution in [0.25, 0.3) is 10.9 Å². The molecule has 2 aliphatic rings. The van der Waals surface area contributed by atoms with Crippen LogP contribution >= 0.6 is 0 Å². The maximum atomic E-state index is 13.5. The number of benzene rings is 1. The van der Waals surface area contributed by atoms with Crippen LogP contribution in [0.1, 0.15) is 53.2 Å². The molecule has 0 spiro atoms. The molecule has 1 aromatic carbocycles. The van der Waals surface area contributed by atoms with E-state index in [1.807, 2.05) is 12.1 Å². The number of methoxy groups -OCH3 is 1. The third-order valence-electron chi connectivity index (χ3n) is 7.19. The number of alkyl carbamates (subject to hydrolysis) is 1. The van der Waals surface area contributed by atoms with Crippen LogP contribution in [-0.4, -0.2) is 88.8 Å². The zero-order valence-corrected chi connectivity index (χ0v) is 27.6. The monoisotopic (exact) mass is 655 g/mol. The van der Waals surface area contributed by atoms with Crippen LogP contribution in [-0.2, 0) is 19.1 Å². The Morgan fingerprint density at radius 2 is 1.78 bits per heavy atom. The van der Waals surface area contributed by atoms with Crippen molar-refractivity contribution in [2.45, 2.75) is 71.2 Å². The first kappa shape index (κ1) is 39.6. The SMILES string of the molecule is C=C[C@@H]1C[C@@H]1C(N)=O.CO.COc1ccc2c(O[C@@H]3C[C@@H](C(N)=O)N(C(=O)[C@@H](NC(=O)OC(C)(C)C)C(C)C)C3)ccnc2c1.O.[HH].[HH].[HH].[HH]. The summed E-state index contributed by atoms with van der Waals surface area (Å²) in [5, 5.41) is 10.4. The third kappa shape index (κ3) is 10.9. The minimum absolute atomic E-state index is 0. The maximum absolute atomic E-state index is 13.5. The average molecular weight is 656 g/mol. The van der Waals surface area contributed by atoms with Crippen LogP contribution < -0.4 is 26.3 Å². The van der Waals surface area contributed by atoms with Crippen LogP contribution in [0.2, 0.25) is 0 Å². The standard InChI is InChI=1S/C25H34N4O6.C6H9NO.CH4O.H2O.4H2/c1-14(2)21(28-24(32)35-25(3,4)5)23(31)29-13-16(12-19(29)22(26)30)34-20-9-10-27-18-11-15(33-6)7-8-17(18)20;1-2-4-3-5(4)6(7)8;1-2;;;;;/h7-11,14,16,19,21H,12-13H2,1-6H3,(H2,26,30)(H,28,32);2,4-5H,1,3H2,(H2,7,8);2H,1H3;1H2;4*1H/t16-,19+,21+;4-,5+;;;;;;/m11....../s1. The number of aliphatic hydroxyl groups is 1. The fourth-order valence-electron chi connectivity index (χ4n) is 4.84. The van der Waals surface area contributed by atoms with E-state index in [2.05, 4.69) is 16.9 Å². The van der Waals surface area contributed by atoms with Crippen LogP contribution in [0.4, 0.5) is 4.79 Å². The molecule has 0 bridgehead atoms. The van der Waals surface area contributed by atoms with Crippen molar-refractivity contribution in [2.75, 3.05) is 20.8 Å². The fraction of sp³-hybridized carbons (Fsp3) is 0.531. The first-order valence-corrected chi connectivity index (χ1v) is 14.7. The van der Waals surface area contributed by atoms with Crippen molar-refractivity contribution in [1.29, 1.82) is 0 Å². The van der Waals surface area contributed by atoms with Gasteiger partial charge in [-0.3, -0.25) is 19.4 Å². The Morgan fingerprint density at radius 1 is 1.13 bits per heavy atom. The summed E-state index contributed by atoms with van der Waals surface area (Å²) in [6, 6.07) is 5.44. The highest BCUT2D eigenvalue weighted by molar-refractivity contribution is 5.92. The highest BCUT2D eigenvalue weighted by atomic mass is 16.6. The van der Waals surface area contributed by atoms with E-state index < -0.39 is 41.7 Å². The Hall–Kier alpha value is -4.43. The number of hydrogen-bond acceptors (Lipinski definition) is 9. The second kappa shape index (κ2) is 17.3. The van der Waals surface area contributed by atoms with E-state index in [9.17, 15) is 19.2 Å². The van der Waals surface area contributed by atoms with E-state index >= 15 is 0 Å². The van der Waals surface area contributed by atoms with Crippen LogP contribution in [0.5, 0.6) is 11.5 Å². The normalized spacial score (nSPS) is 20.4. The molecule has 14 heteroatoms. The highest BCUT2D eigenvalue weighted by Crippen LogP contribution is 2.38. The van der Waals surface area contributed by atoms with Crippen molar-refractivity contribution in [3.63, 3.8) is 0 Å². The number of amides is 4. The van der Waals surface area contributed by atoms with Gasteiger partial charge in [0.25, 0.3) is 0 Å². The van der Waals surface area contributed by atoms with Crippen molar-refractivity contribution in [3.8, 4) is 11.5 Å². The van der Waals surface area contributed by atoms with Gasteiger partial charge in [-0.15, -0.1) is 6.58 Å². The molecule has 14 nitrogen and oxygen atoms in total. The lowest BCUT2D eigenvalue weighted by molar-refractivity contribution is -0.140.